The first-order valence-electron chi connectivity index (χ1n) is 20.2. The Hall–Kier alpha value is -7.56. The number of nitrogens with zero attached hydrogens (tertiary/aromatic N) is 1. The predicted octanol–water partition coefficient (Wildman–Crippen LogP) is 16.0. The second-order valence-corrected chi connectivity index (χ2v) is 16.4. The summed E-state index contributed by atoms with van der Waals surface area (Å²) in [4.78, 5) is 2.36. The van der Waals surface area contributed by atoms with Crippen LogP contribution in [0.15, 0.2) is 189 Å². The summed E-state index contributed by atoms with van der Waals surface area (Å²) in [6, 6.07) is 62.8. The first-order valence-corrected chi connectivity index (χ1v) is 20.2. The van der Waals surface area contributed by atoms with Crippen molar-refractivity contribution in [1.82, 2.24) is 0 Å². The molecule has 0 aliphatic heterocycles. The lowest BCUT2D eigenvalue weighted by atomic mass is 9.82. The molecule has 0 bridgehead atoms. The van der Waals surface area contributed by atoms with Crippen LogP contribution in [-0.4, -0.2) is 0 Å². The van der Waals surface area contributed by atoms with Gasteiger partial charge in [-0.15, -0.1) is 0 Å². The van der Waals surface area contributed by atoms with Gasteiger partial charge in [0.25, 0.3) is 0 Å². The summed E-state index contributed by atoms with van der Waals surface area (Å²) in [5, 5.41) is 8.82. The van der Waals surface area contributed by atoms with E-state index in [2.05, 4.69) is 170 Å². The van der Waals surface area contributed by atoms with Crippen LogP contribution >= 0.6 is 0 Å². The van der Waals surface area contributed by atoms with Gasteiger partial charge in [-0.3, -0.25) is 0 Å². The highest BCUT2D eigenvalue weighted by molar-refractivity contribution is 6.23. The van der Waals surface area contributed by atoms with E-state index in [0.717, 1.165) is 99.4 Å². The molecule has 9 aromatic carbocycles. The molecule has 0 amide bonds. The van der Waals surface area contributed by atoms with E-state index in [4.69, 9.17) is 13.3 Å². The molecule has 3 heterocycles. The predicted molar refractivity (Wildman–Crippen MR) is 243 cm³/mol. The minimum absolute atomic E-state index is 0.180. The standard InChI is InChI=1S/C55H35NO3/c1-55(2)44-18-8-5-14-36(44)37-24-22-34(30-45(37)55)56(35-23-25-39-38-15-6-9-19-47(38)58-51(39)31-35)46-27-26-41(40-17-11-21-49-52(40)42-16-7-10-20-48(42)57-49)53-43-28-32-12-3-4-13-33(32)29-50(43)59-54(46)53/h3-31H,1-2H3. The number of rotatable bonds is 4. The van der Waals surface area contributed by atoms with Crippen LogP contribution in [-0.2, 0) is 5.41 Å². The molecule has 0 radical (unpaired) electrons. The monoisotopic (exact) mass is 757 g/mol. The fourth-order valence-corrected chi connectivity index (χ4v) is 10.1. The number of benzene rings is 9. The third kappa shape index (κ3) is 4.54. The second-order valence-electron chi connectivity index (χ2n) is 16.4. The number of furan rings is 3. The number of fused-ring (bicyclic) bond motifs is 13. The van der Waals surface area contributed by atoms with Gasteiger partial charge in [0.15, 0.2) is 5.58 Å². The number of para-hydroxylation sites is 2. The molecule has 4 heteroatoms. The van der Waals surface area contributed by atoms with Gasteiger partial charge in [0.2, 0.25) is 0 Å². The molecule has 0 saturated heterocycles. The molecule has 278 valence electrons. The Labute approximate surface area is 339 Å². The van der Waals surface area contributed by atoms with E-state index >= 15 is 0 Å². The molecular formula is C55H35NO3. The summed E-state index contributed by atoms with van der Waals surface area (Å²) in [5.41, 5.74) is 15.3. The summed E-state index contributed by atoms with van der Waals surface area (Å²) in [7, 11) is 0. The zero-order valence-corrected chi connectivity index (χ0v) is 32.4. The van der Waals surface area contributed by atoms with Crippen molar-refractivity contribution in [3.63, 3.8) is 0 Å². The molecule has 0 saturated carbocycles. The first-order chi connectivity index (χ1) is 29.0. The van der Waals surface area contributed by atoms with E-state index in [1.807, 2.05) is 24.3 Å². The Morgan fingerprint density at radius 3 is 1.85 bits per heavy atom. The largest absolute Gasteiger partial charge is 0.456 e. The van der Waals surface area contributed by atoms with E-state index < -0.39 is 0 Å². The molecule has 0 fully saturated rings. The lowest BCUT2D eigenvalue weighted by Gasteiger charge is -2.28. The van der Waals surface area contributed by atoms with Crippen molar-refractivity contribution in [1.29, 1.82) is 0 Å². The van der Waals surface area contributed by atoms with Gasteiger partial charge < -0.3 is 18.2 Å². The summed E-state index contributed by atoms with van der Waals surface area (Å²) in [5.74, 6) is 0. The van der Waals surface area contributed by atoms with Gasteiger partial charge in [0, 0.05) is 49.5 Å². The highest BCUT2D eigenvalue weighted by Gasteiger charge is 2.36. The average molecular weight is 758 g/mol. The minimum atomic E-state index is -0.180. The SMILES string of the molecule is CC1(C)c2ccccc2-c2ccc(N(c3ccc4c(c3)oc3ccccc34)c3ccc(-c4cccc5oc6ccccc6c45)c4c3oc3cc5ccccc5cc34)cc21. The van der Waals surface area contributed by atoms with Gasteiger partial charge in [0.1, 0.15) is 27.9 Å². The molecule has 13 rings (SSSR count). The van der Waals surface area contributed by atoms with Crippen molar-refractivity contribution in [2.45, 2.75) is 19.3 Å². The van der Waals surface area contributed by atoms with Gasteiger partial charge in [-0.2, -0.15) is 0 Å². The van der Waals surface area contributed by atoms with Crippen molar-refractivity contribution in [3.8, 4) is 22.3 Å². The van der Waals surface area contributed by atoms with Crippen molar-refractivity contribution >= 4 is 93.7 Å². The van der Waals surface area contributed by atoms with Crippen molar-refractivity contribution < 1.29 is 13.3 Å². The Morgan fingerprint density at radius 2 is 0.966 bits per heavy atom. The molecule has 12 aromatic rings. The van der Waals surface area contributed by atoms with E-state index in [-0.39, 0.29) is 5.41 Å². The van der Waals surface area contributed by atoms with Crippen molar-refractivity contribution in [2.75, 3.05) is 4.90 Å². The second kappa shape index (κ2) is 11.7. The third-order valence-electron chi connectivity index (χ3n) is 12.8. The van der Waals surface area contributed by atoms with Gasteiger partial charge in [-0.1, -0.05) is 123 Å². The molecule has 0 atom stereocenters. The fraction of sp³-hybridized carbons (Fsp3) is 0.0545. The van der Waals surface area contributed by atoms with Crippen LogP contribution < -0.4 is 4.90 Å². The highest BCUT2D eigenvalue weighted by Crippen LogP contribution is 2.53. The quantitative estimate of drug-likeness (QED) is 0.179. The topological polar surface area (TPSA) is 42.7 Å². The average Bonchev–Trinajstić information content (AvgIpc) is 4.01. The highest BCUT2D eigenvalue weighted by atomic mass is 16.3. The summed E-state index contributed by atoms with van der Waals surface area (Å²) >= 11 is 0. The zero-order chi connectivity index (χ0) is 39.0. The summed E-state index contributed by atoms with van der Waals surface area (Å²) < 4.78 is 20.1. The number of anilines is 3. The molecule has 0 N–H and O–H groups in total. The van der Waals surface area contributed by atoms with E-state index in [1.54, 1.807) is 0 Å². The molecule has 0 spiro atoms. The Bertz CT molecular complexity index is 3730. The maximum atomic E-state index is 7.19. The van der Waals surface area contributed by atoms with Gasteiger partial charge in [0.05, 0.1) is 11.4 Å². The Kier molecular flexibility index (Phi) is 6.48. The molecule has 1 aliphatic rings. The molecule has 3 aromatic heterocycles. The van der Waals surface area contributed by atoms with Crippen molar-refractivity contribution in [2.24, 2.45) is 0 Å². The Balaban J connectivity index is 1.13. The Morgan fingerprint density at radius 1 is 0.373 bits per heavy atom. The van der Waals surface area contributed by atoms with Crippen molar-refractivity contribution in [3.05, 3.63) is 187 Å². The maximum absolute atomic E-state index is 7.19. The van der Waals surface area contributed by atoms with Gasteiger partial charge in [-0.05, 0) is 105 Å². The molecule has 1 aliphatic carbocycles. The lowest BCUT2D eigenvalue weighted by molar-refractivity contribution is 0.660. The fourth-order valence-electron chi connectivity index (χ4n) is 10.1. The maximum Gasteiger partial charge on any atom is 0.160 e. The van der Waals surface area contributed by atoms with Crippen LogP contribution in [0.4, 0.5) is 17.1 Å². The smallest absolute Gasteiger partial charge is 0.160 e. The lowest BCUT2D eigenvalue weighted by Crippen LogP contribution is -2.16. The minimum Gasteiger partial charge on any atom is -0.456 e. The van der Waals surface area contributed by atoms with Crippen LogP contribution in [0.1, 0.15) is 25.0 Å². The van der Waals surface area contributed by atoms with E-state index in [0.29, 0.717) is 0 Å². The summed E-state index contributed by atoms with van der Waals surface area (Å²) in [6.45, 7) is 4.67. The number of hydrogen-bond acceptors (Lipinski definition) is 4. The van der Waals surface area contributed by atoms with Crippen LogP contribution in [0, 0.1) is 0 Å². The van der Waals surface area contributed by atoms with E-state index in [1.165, 1.54) is 27.6 Å². The molecule has 0 unspecified atom stereocenters. The van der Waals surface area contributed by atoms with Crippen LogP contribution in [0.2, 0.25) is 0 Å². The molecule has 59 heavy (non-hydrogen) atoms. The zero-order valence-electron chi connectivity index (χ0n) is 32.4. The van der Waals surface area contributed by atoms with Crippen LogP contribution in [0.25, 0.3) is 98.8 Å². The van der Waals surface area contributed by atoms with Crippen LogP contribution in [0.3, 0.4) is 0 Å². The first kappa shape index (κ1) is 32.5. The molecule has 4 nitrogen and oxygen atoms in total. The molecular weight excluding hydrogens is 723 g/mol. The van der Waals surface area contributed by atoms with E-state index in [9.17, 15) is 0 Å². The third-order valence-corrected chi connectivity index (χ3v) is 12.8. The normalized spacial score (nSPS) is 13.4. The van der Waals surface area contributed by atoms with Gasteiger partial charge >= 0.3 is 0 Å². The summed E-state index contributed by atoms with van der Waals surface area (Å²) in [6.07, 6.45) is 0. The number of hydrogen-bond donors (Lipinski definition) is 0. The van der Waals surface area contributed by atoms with Crippen LogP contribution in [0.5, 0.6) is 0 Å². The van der Waals surface area contributed by atoms with Gasteiger partial charge in [-0.25, -0.2) is 0 Å².